The molecule has 1 heterocycles. The minimum atomic E-state index is 0.111. The first-order valence-electron chi connectivity index (χ1n) is 6.41. The van der Waals surface area contributed by atoms with E-state index in [9.17, 15) is 4.79 Å². The number of carbonyl (C=O) groups is 1. The van der Waals surface area contributed by atoms with Crippen LogP contribution in [0.15, 0.2) is 0 Å². The maximum atomic E-state index is 11.4. The smallest absolute Gasteiger partial charge is 0.222 e. The van der Waals surface area contributed by atoms with E-state index in [2.05, 4.69) is 16.9 Å². The van der Waals surface area contributed by atoms with Crippen molar-refractivity contribution < 1.29 is 9.53 Å². The fraction of sp³-hybridized carbons (Fsp3) is 0.917. The quantitative estimate of drug-likeness (QED) is 0.640. The van der Waals surface area contributed by atoms with Crippen molar-refractivity contribution >= 4 is 17.7 Å². The molecule has 0 aromatic rings. The second-order valence-electron chi connectivity index (χ2n) is 4.27. The Bertz CT molecular complexity index is 209. The van der Waals surface area contributed by atoms with Crippen molar-refractivity contribution in [2.75, 3.05) is 38.2 Å². The predicted octanol–water partition coefficient (Wildman–Crippen LogP) is 1.01. The molecule has 100 valence electrons. The van der Waals surface area contributed by atoms with Gasteiger partial charge in [-0.05, 0) is 44.4 Å². The molecule has 1 fully saturated rings. The van der Waals surface area contributed by atoms with Gasteiger partial charge in [0, 0.05) is 13.0 Å². The van der Waals surface area contributed by atoms with Crippen LogP contribution in [0.2, 0.25) is 0 Å². The van der Waals surface area contributed by atoms with Crippen molar-refractivity contribution in [3.63, 3.8) is 0 Å². The summed E-state index contributed by atoms with van der Waals surface area (Å²) in [6, 6.07) is 0. The minimum Gasteiger partial charge on any atom is -0.378 e. The van der Waals surface area contributed by atoms with Crippen molar-refractivity contribution in [2.24, 2.45) is 0 Å². The minimum absolute atomic E-state index is 0.111. The van der Waals surface area contributed by atoms with Gasteiger partial charge in [-0.1, -0.05) is 0 Å². The Morgan fingerprint density at radius 1 is 1.47 bits per heavy atom. The summed E-state index contributed by atoms with van der Waals surface area (Å²) in [5.41, 5.74) is 0. The summed E-state index contributed by atoms with van der Waals surface area (Å²) in [5, 5.41) is 6.20. The molecule has 0 unspecified atom stereocenters. The molecule has 0 bridgehead atoms. The molecule has 17 heavy (non-hydrogen) atoms. The summed E-state index contributed by atoms with van der Waals surface area (Å²) in [6.07, 6.45) is 6.09. The zero-order valence-corrected chi connectivity index (χ0v) is 11.5. The number of piperidine rings is 1. The van der Waals surface area contributed by atoms with Gasteiger partial charge in [0.25, 0.3) is 0 Å². The largest absolute Gasteiger partial charge is 0.378 e. The molecule has 5 heteroatoms. The SMILES string of the molecule is CSCCCNC(=O)CCOC1CCNCC1. The third-order valence-corrected chi connectivity index (χ3v) is 3.51. The van der Waals surface area contributed by atoms with Crippen molar-refractivity contribution in [2.45, 2.75) is 31.8 Å². The van der Waals surface area contributed by atoms with Crippen LogP contribution >= 0.6 is 11.8 Å². The Kier molecular flexibility index (Phi) is 8.48. The molecule has 0 aromatic carbocycles. The fourth-order valence-corrected chi connectivity index (χ4v) is 2.25. The van der Waals surface area contributed by atoms with Gasteiger partial charge in [0.05, 0.1) is 12.7 Å². The summed E-state index contributed by atoms with van der Waals surface area (Å²) in [6.45, 7) is 3.41. The summed E-state index contributed by atoms with van der Waals surface area (Å²) in [7, 11) is 0. The van der Waals surface area contributed by atoms with Crippen LogP contribution in [0, 0.1) is 0 Å². The Hall–Kier alpha value is -0.260. The van der Waals surface area contributed by atoms with Gasteiger partial charge in [-0.15, -0.1) is 0 Å². The zero-order valence-electron chi connectivity index (χ0n) is 10.7. The van der Waals surface area contributed by atoms with Gasteiger partial charge in [-0.25, -0.2) is 0 Å². The summed E-state index contributed by atoms with van der Waals surface area (Å²) in [5.74, 6) is 1.21. The second kappa shape index (κ2) is 9.74. The van der Waals surface area contributed by atoms with Crippen LogP contribution in [-0.2, 0) is 9.53 Å². The standard InChI is InChI=1S/C12H24N2O2S/c1-17-10-2-6-14-12(15)5-9-16-11-3-7-13-8-4-11/h11,13H,2-10H2,1H3,(H,14,15). The number of hydrogen-bond acceptors (Lipinski definition) is 4. The molecule has 0 aliphatic carbocycles. The monoisotopic (exact) mass is 260 g/mol. The van der Waals surface area contributed by atoms with E-state index in [1.807, 2.05) is 11.8 Å². The second-order valence-corrected chi connectivity index (χ2v) is 5.25. The van der Waals surface area contributed by atoms with Gasteiger partial charge in [-0.3, -0.25) is 4.79 Å². The molecule has 1 aliphatic heterocycles. The summed E-state index contributed by atoms with van der Waals surface area (Å²) >= 11 is 1.81. The molecule has 1 aliphatic rings. The Balaban J connectivity index is 1.92. The Morgan fingerprint density at radius 3 is 2.94 bits per heavy atom. The lowest BCUT2D eigenvalue weighted by Crippen LogP contribution is -2.33. The van der Waals surface area contributed by atoms with Gasteiger partial charge in [0.15, 0.2) is 0 Å². The first kappa shape index (κ1) is 14.8. The highest BCUT2D eigenvalue weighted by molar-refractivity contribution is 7.98. The highest BCUT2D eigenvalue weighted by Crippen LogP contribution is 2.07. The molecule has 0 atom stereocenters. The van der Waals surface area contributed by atoms with Gasteiger partial charge < -0.3 is 15.4 Å². The van der Waals surface area contributed by atoms with E-state index in [0.29, 0.717) is 19.1 Å². The highest BCUT2D eigenvalue weighted by atomic mass is 32.2. The average Bonchev–Trinajstić information content (AvgIpc) is 2.36. The van der Waals surface area contributed by atoms with Crippen LogP contribution < -0.4 is 10.6 Å². The third-order valence-electron chi connectivity index (χ3n) is 2.82. The first-order chi connectivity index (χ1) is 8.33. The van der Waals surface area contributed by atoms with Crippen LogP contribution in [0.4, 0.5) is 0 Å². The van der Waals surface area contributed by atoms with Crippen LogP contribution in [-0.4, -0.2) is 50.3 Å². The summed E-state index contributed by atoms with van der Waals surface area (Å²) < 4.78 is 5.68. The predicted molar refractivity (Wildman–Crippen MR) is 72.5 cm³/mol. The van der Waals surface area contributed by atoms with Crippen LogP contribution in [0.5, 0.6) is 0 Å². The lowest BCUT2D eigenvalue weighted by Gasteiger charge is -2.22. The number of thioether (sulfide) groups is 1. The molecule has 1 saturated heterocycles. The van der Waals surface area contributed by atoms with Crippen molar-refractivity contribution in [1.82, 2.24) is 10.6 Å². The van der Waals surface area contributed by atoms with Crippen LogP contribution in [0.25, 0.3) is 0 Å². The van der Waals surface area contributed by atoms with E-state index < -0.39 is 0 Å². The lowest BCUT2D eigenvalue weighted by molar-refractivity contribution is -0.122. The van der Waals surface area contributed by atoms with Gasteiger partial charge in [0.2, 0.25) is 5.91 Å². The van der Waals surface area contributed by atoms with Gasteiger partial charge in [-0.2, -0.15) is 11.8 Å². The van der Waals surface area contributed by atoms with Crippen molar-refractivity contribution in [3.05, 3.63) is 0 Å². The molecule has 2 N–H and O–H groups in total. The highest BCUT2D eigenvalue weighted by Gasteiger charge is 2.13. The number of hydrogen-bond donors (Lipinski definition) is 2. The number of ether oxygens (including phenoxy) is 1. The number of rotatable bonds is 8. The maximum Gasteiger partial charge on any atom is 0.222 e. The third kappa shape index (κ3) is 7.63. The normalized spacial score (nSPS) is 17.0. The zero-order chi connectivity index (χ0) is 12.3. The molecule has 0 saturated carbocycles. The Labute approximate surface area is 108 Å². The molecule has 0 spiro atoms. The van der Waals surface area contributed by atoms with E-state index in [0.717, 1.165) is 44.6 Å². The maximum absolute atomic E-state index is 11.4. The Morgan fingerprint density at radius 2 is 2.24 bits per heavy atom. The van der Waals surface area contributed by atoms with Crippen molar-refractivity contribution in [3.8, 4) is 0 Å². The summed E-state index contributed by atoms with van der Waals surface area (Å²) in [4.78, 5) is 11.4. The topological polar surface area (TPSA) is 50.4 Å². The molecule has 1 rings (SSSR count). The molecular weight excluding hydrogens is 236 g/mol. The number of amides is 1. The van der Waals surface area contributed by atoms with E-state index in [1.165, 1.54) is 0 Å². The number of carbonyl (C=O) groups excluding carboxylic acids is 1. The van der Waals surface area contributed by atoms with E-state index in [1.54, 1.807) is 0 Å². The van der Waals surface area contributed by atoms with E-state index >= 15 is 0 Å². The average molecular weight is 260 g/mol. The first-order valence-corrected chi connectivity index (χ1v) is 7.80. The molecule has 0 aromatic heterocycles. The van der Waals surface area contributed by atoms with Crippen LogP contribution in [0.3, 0.4) is 0 Å². The number of nitrogens with one attached hydrogen (secondary N) is 2. The van der Waals surface area contributed by atoms with E-state index in [4.69, 9.17) is 4.74 Å². The fourth-order valence-electron chi connectivity index (χ4n) is 1.81. The molecule has 1 amide bonds. The molecular formula is C12H24N2O2S. The lowest BCUT2D eigenvalue weighted by atomic mass is 10.1. The van der Waals surface area contributed by atoms with Gasteiger partial charge in [0.1, 0.15) is 0 Å². The van der Waals surface area contributed by atoms with Gasteiger partial charge >= 0.3 is 0 Å². The van der Waals surface area contributed by atoms with Crippen molar-refractivity contribution in [1.29, 1.82) is 0 Å². The van der Waals surface area contributed by atoms with E-state index in [-0.39, 0.29) is 5.91 Å². The molecule has 4 nitrogen and oxygen atoms in total. The molecule has 0 radical (unpaired) electrons. The van der Waals surface area contributed by atoms with Crippen LogP contribution in [0.1, 0.15) is 25.7 Å².